The van der Waals surface area contributed by atoms with Gasteiger partial charge in [-0.3, -0.25) is 0 Å². The van der Waals surface area contributed by atoms with E-state index in [-0.39, 0.29) is 18.3 Å². The average molecular weight is 377 g/mol. The number of aromatic carboxylic acids is 1. The highest BCUT2D eigenvalue weighted by Crippen LogP contribution is 2.24. The number of fused-ring (bicyclic) bond motifs is 1. The molecule has 1 aliphatic rings. The molecule has 8 nitrogen and oxygen atoms in total. The third-order valence-electron chi connectivity index (χ3n) is 3.96. The number of carbonyl (C=O) groups is 2. The molecule has 0 spiro atoms. The standard InChI is InChI=1S/C17H19N3O5S/c21-9-11-1-2-14-12(7-11)8-20(5-6-25-14)17(24)18-4-3-15-19-13(10-26-15)16(22)23/h1-2,7,10,21H,3-6,8-9H2,(H,18,24)(H,22,23). The van der Waals surface area contributed by atoms with Crippen LogP contribution in [0.3, 0.4) is 0 Å². The number of carboxylic acids is 1. The number of nitrogens with zero attached hydrogens (tertiary/aromatic N) is 2. The Kier molecular flexibility index (Phi) is 5.69. The Labute approximate surface area is 154 Å². The minimum Gasteiger partial charge on any atom is -0.491 e. The van der Waals surface area contributed by atoms with E-state index in [9.17, 15) is 14.7 Å². The summed E-state index contributed by atoms with van der Waals surface area (Å²) in [4.78, 5) is 28.9. The summed E-state index contributed by atoms with van der Waals surface area (Å²) in [5.41, 5.74) is 1.65. The largest absolute Gasteiger partial charge is 0.491 e. The zero-order valence-corrected chi connectivity index (χ0v) is 14.8. The molecule has 0 saturated heterocycles. The lowest BCUT2D eigenvalue weighted by Crippen LogP contribution is -2.41. The molecule has 2 aromatic rings. The number of amides is 2. The minimum atomic E-state index is -1.05. The summed E-state index contributed by atoms with van der Waals surface area (Å²) in [6.07, 6.45) is 0.472. The SMILES string of the molecule is O=C(O)c1csc(CCNC(=O)N2CCOc3ccc(CO)cc3C2)n1. The summed E-state index contributed by atoms with van der Waals surface area (Å²) in [7, 11) is 0. The number of urea groups is 1. The van der Waals surface area contributed by atoms with Crippen LogP contribution in [0.4, 0.5) is 4.79 Å². The fraction of sp³-hybridized carbons (Fsp3) is 0.353. The zero-order chi connectivity index (χ0) is 18.5. The number of ether oxygens (including phenoxy) is 1. The highest BCUT2D eigenvalue weighted by Gasteiger charge is 2.20. The number of thiazole rings is 1. The summed E-state index contributed by atoms with van der Waals surface area (Å²) in [6, 6.07) is 5.23. The van der Waals surface area contributed by atoms with Crippen molar-refractivity contribution < 1.29 is 24.5 Å². The normalized spacial score (nSPS) is 13.5. The Morgan fingerprint density at radius 2 is 2.23 bits per heavy atom. The summed E-state index contributed by atoms with van der Waals surface area (Å²) in [5, 5.41) is 23.1. The maximum atomic E-state index is 12.4. The number of aliphatic hydroxyl groups excluding tert-OH is 1. The first-order valence-corrected chi connectivity index (χ1v) is 9.00. The van der Waals surface area contributed by atoms with Gasteiger partial charge in [-0.05, 0) is 17.7 Å². The van der Waals surface area contributed by atoms with Crippen LogP contribution in [0.5, 0.6) is 5.75 Å². The molecule has 0 fully saturated rings. The second-order valence-electron chi connectivity index (χ2n) is 5.78. The van der Waals surface area contributed by atoms with Crippen LogP contribution in [0.25, 0.3) is 0 Å². The molecular formula is C17H19N3O5S. The number of benzene rings is 1. The van der Waals surface area contributed by atoms with Crippen molar-refractivity contribution in [2.45, 2.75) is 19.6 Å². The molecule has 1 aliphatic heterocycles. The number of nitrogens with one attached hydrogen (secondary N) is 1. The van der Waals surface area contributed by atoms with Crippen molar-refractivity contribution in [1.29, 1.82) is 0 Å². The Bertz CT molecular complexity index is 807. The van der Waals surface area contributed by atoms with E-state index in [1.165, 1.54) is 16.7 Å². The van der Waals surface area contributed by atoms with Crippen molar-refractivity contribution in [3.05, 3.63) is 45.4 Å². The molecule has 0 radical (unpaired) electrons. The second kappa shape index (κ2) is 8.15. The molecule has 3 N–H and O–H groups in total. The third kappa shape index (κ3) is 4.30. The van der Waals surface area contributed by atoms with Gasteiger partial charge in [-0.2, -0.15) is 0 Å². The topological polar surface area (TPSA) is 112 Å². The van der Waals surface area contributed by atoms with Gasteiger partial charge in [-0.1, -0.05) is 6.07 Å². The minimum absolute atomic E-state index is 0.0253. The number of hydrogen-bond donors (Lipinski definition) is 3. The molecule has 0 unspecified atom stereocenters. The zero-order valence-electron chi connectivity index (χ0n) is 14.0. The smallest absolute Gasteiger partial charge is 0.355 e. The predicted molar refractivity (Wildman–Crippen MR) is 94.4 cm³/mol. The number of carbonyl (C=O) groups excluding carboxylic acids is 1. The number of rotatable bonds is 5. The Morgan fingerprint density at radius 3 is 2.96 bits per heavy atom. The van der Waals surface area contributed by atoms with E-state index in [1.807, 2.05) is 12.1 Å². The third-order valence-corrected chi connectivity index (χ3v) is 4.87. The Balaban J connectivity index is 1.56. The van der Waals surface area contributed by atoms with Crippen LogP contribution in [-0.2, 0) is 19.6 Å². The molecule has 2 amide bonds. The van der Waals surface area contributed by atoms with Crippen LogP contribution in [0.15, 0.2) is 23.6 Å². The van der Waals surface area contributed by atoms with E-state index in [4.69, 9.17) is 9.84 Å². The van der Waals surface area contributed by atoms with Crippen molar-refractivity contribution in [3.8, 4) is 5.75 Å². The first kappa shape index (κ1) is 18.2. The second-order valence-corrected chi connectivity index (χ2v) is 6.73. The van der Waals surface area contributed by atoms with Gasteiger partial charge in [0.2, 0.25) is 0 Å². The first-order chi connectivity index (χ1) is 12.6. The van der Waals surface area contributed by atoms with Gasteiger partial charge in [-0.25, -0.2) is 14.6 Å². The molecule has 9 heteroatoms. The van der Waals surface area contributed by atoms with Gasteiger partial charge in [0.15, 0.2) is 5.69 Å². The van der Waals surface area contributed by atoms with Crippen LogP contribution in [0.1, 0.15) is 26.6 Å². The highest BCUT2D eigenvalue weighted by molar-refractivity contribution is 7.09. The molecule has 0 atom stereocenters. The maximum absolute atomic E-state index is 12.4. The number of hydrogen-bond acceptors (Lipinski definition) is 6. The first-order valence-electron chi connectivity index (χ1n) is 8.12. The molecular weight excluding hydrogens is 358 g/mol. The molecule has 26 heavy (non-hydrogen) atoms. The van der Waals surface area contributed by atoms with Crippen LogP contribution in [0, 0.1) is 0 Å². The highest BCUT2D eigenvalue weighted by atomic mass is 32.1. The fourth-order valence-corrected chi connectivity index (χ4v) is 3.40. The van der Waals surface area contributed by atoms with Crippen molar-refractivity contribution in [1.82, 2.24) is 15.2 Å². The van der Waals surface area contributed by atoms with Gasteiger partial charge in [-0.15, -0.1) is 11.3 Å². The quantitative estimate of drug-likeness (QED) is 0.728. The van der Waals surface area contributed by atoms with E-state index in [2.05, 4.69) is 10.3 Å². The lowest BCUT2D eigenvalue weighted by Gasteiger charge is -2.20. The van der Waals surface area contributed by atoms with Crippen molar-refractivity contribution in [2.75, 3.05) is 19.7 Å². The number of carboxylic acid groups (broad SMARTS) is 1. The molecule has 0 saturated carbocycles. The predicted octanol–water partition coefficient (Wildman–Crippen LogP) is 1.48. The average Bonchev–Trinajstić information content (AvgIpc) is 3.00. The molecule has 138 valence electrons. The fourth-order valence-electron chi connectivity index (χ4n) is 2.63. The molecule has 0 bridgehead atoms. The van der Waals surface area contributed by atoms with E-state index in [1.54, 1.807) is 11.0 Å². The van der Waals surface area contributed by atoms with Gasteiger partial charge in [0, 0.05) is 23.9 Å². The van der Waals surface area contributed by atoms with E-state index >= 15 is 0 Å². The molecule has 3 rings (SSSR count). The van der Waals surface area contributed by atoms with Crippen LogP contribution in [0.2, 0.25) is 0 Å². The van der Waals surface area contributed by atoms with Crippen LogP contribution in [-0.4, -0.2) is 51.8 Å². The van der Waals surface area contributed by atoms with Gasteiger partial charge >= 0.3 is 12.0 Å². The lowest BCUT2D eigenvalue weighted by atomic mass is 10.1. The lowest BCUT2D eigenvalue weighted by molar-refractivity contribution is 0.0691. The van der Waals surface area contributed by atoms with E-state index in [0.29, 0.717) is 37.7 Å². The summed E-state index contributed by atoms with van der Waals surface area (Å²) >= 11 is 1.26. The van der Waals surface area contributed by atoms with Crippen molar-refractivity contribution in [3.63, 3.8) is 0 Å². The van der Waals surface area contributed by atoms with E-state index in [0.717, 1.165) is 16.9 Å². The summed E-state index contributed by atoms with van der Waals surface area (Å²) in [5.74, 6) is -0.330. The molecule has 0 aliphatic carbocycles. The number of aliphatic hydroxyl groups is 1. The summed E-state index contributed by atoms with van der Waals surface area (Å²) in [6.45, 7) is 1.55. The van der Waals surface area contributed by atoms with Gasteiger partial charge in [0.1, 0.15) is 12.4 Å². The monoisotopic (exact) mass is 377 g/mol. The van der Waals surface area contributed by atoms with Crippen molar-refractivity contribution >= 4 is 23.3 Å². The molecule has 2 heterocycles. The molecule has 1 aromatic carbocycles. The summed E-state index contributed by atoms with van der Waals surface area (Å²) < 4.78 is 5.66. The number of aromatic nitrogens is 1. The van der Waals surface area contributed by atoms with Gasteiger partial charge in [0.25, 0.3) is 0 Å². The van der Waals surface area contributed by atoms with Crippen LogP contribution >= 0.6 is 11.3 Å². The Hall–Kier alpha value is -2.65. The van der Waals surface area contributed by atoms with Crippen LogP contribution < -0.4 is 10.1 Å². The van der Waals surface area contributed by atoms with Gasteiger partial charge in [0.05, 0.1) is 24.7 Å². The maximum Gasteiger partial charge on any atom is 0.355 e. The van der Waals surface area contributed by atoms with Gasteiger partial charge < -0.3 is 25.2 Å². The van der Waals surface area contributed by atoms with E-state index < -0.39 is 5.97 Å². The molecule has 1 aromatic heterocycles. The van der Waals surface area contributed by atoms with Crippen molar-refractivity contribution in [2.24, 2.45) is 0 Å². The Morgan fingerprint density at radius 1 is 1.38 bits per heavy atom.